The third kappa shape index (κ3) is 6.13. The van der Waals surface area contributed by atoms with Crippen LogP contribution in [-0.4, -0.2) is 29.0 Å². The molecule has 0 aliphatic rings. The van der Waals surface area contributed by atoms with Gasteiger partial charge in [0.05, 0.1) is 17.1 Å². The predicted octanol–water partition coefficient (Wildman–Crippen LogP) is 7.15. The van der Waals surface area contributed by atoms with Gasteiger partial charge in [0, 0.05) is 23.1 Å². The molecule has 2 aromatic carbocycles. The van der Waals surface area contributed by atoms with Crippen LogP contribution in [0.15, 0.2) is 53.4 Å². The topological polar surface area (TPSA) is 61.7 Å². The molecular weight excluding hydrogens is 395 g/mol. The molecule has 30 heavy (non-hydrogen) atoms. The molecule has 1 heterocycles. The van der Waals surface area contributed by atoms with Crippen molar-refractivity contribution in [1.82, 2.24) is 9.97 Å². The number of nitrogens with zero attached hydrogens (tertiary/aromatic N) is 2. The van der Waals surface area contributed by atoms with E-state index in [-0.39, 0.29) is 5.82 Å². The van der Waals surface area contributed by atoms with Gasteiger partial charge in [-0.05, 0) is 49.6 Å². The van der Waals surface area contributed by atoms with Crippen LogP contribution in [-0.2, 0) is 0 Å². The molecule has 0 unspecified atom stereocenters. The fourth-order valence-corrected chi connectivity index (χ4v) is 3.06. The highest BCUT2D eigenvalue weighted by Gasteiger charge is 2.17. The fraction of sp³-hybridized carbons (Fsp3) is 0.292. The van der Waals surface area contributed by atoms with Crippen molar-refractivity contribution in [2.45, 2.75) is 39.5 Å². The van der Waals surface area contributed by atoms with Crippen molar-refractivity contribution in [2.24, 2.45) is 0 Å². The van der Waals surface area contributed by atoms with Crippen LogP contribution in [0, 0.1) is 11.2 Å². The Morgan fingerprint density at radius 2 is 1.43 bits per heavy atom. The third-order valence-corrected chi connectivity index (χ3v) is 4.72. The van der Waals surface area contributed by atoms with Gasteiger partial charge in [0.2, 0.25) is 0 Å². The van der Waals surface area contributed by atoms with Gasteiger partial charge in [-0.1, -0.05) is 39.8 Å². The minimum atomic E-state index is -0.308. The maximum Gasteiger partial charge on any atom is 0.160 e. The predicted molar refractivity (Wildman–Crippen MR) is 129 cm³/mol. The Hall–Kier alpha value is -2.73. The third-order valence-electron chi connectivity index (χ3n) is 3.98. The Morgan fingerprint density at radius 1 is 0.900 bits per heavy atom. The monoisotopic (exact) mass is 426 g/mol. The summed E-state index contributed by atoms with van der Waals surface area (Å²) < 4.78 is 13.3. The lowest BCUT2D eigenvalue weighted by Crippen LogP contribution is -2.09. The first kappa shape index (κ1) is 25.3. The number of halogens is 1. The van der Waals surface area contributed by atoms with Gasteiger partial charge in [-0.15, -0.1) is 11.8 Å². The quantitative estimate of drug-likeness (QED) is 0.336. The van der Waals surface area contributed by atoms with Crippen LogP contribution in [0.25, 0.3) is 22.6 Å². The zero-order chi connectivity index (χ0) is 22.7. The molecule has 2 N–H and O–H groups in total. The highest BCUT2D eigenvalue weighted by Crippen LogP contribution is 2.32. The first-order valence-electron chi connectivity index (χ1n) is 10.1. The summed E-state index contributed by atoms with van der Waals surface area (Å²) in [6.07, 6.45) is 2.03. The normalized spacial score (nSPS) is 9.60. The zero-order valence-corrected chi connectivity index (χ0v) is 19.6. The molecule has 160 valence electrons. The molecule has 0 spiro atoms. The number of nitrogens with one attached hydrogen (secondary N) is 2. The van der Waals surface area contributed by atoms with Crippen molar-refractivity contribution in [2.75, 3.05) is 18.6 Å². The van der Waals surface area contributed by atoms with E-state index in [1.54, 1.807) is 37.9 Å². The Balaban J connectivity index is 0.00000106. The van der Waals surface area contributed by atoms with E-state index in [0.29, 0.717) is 28.5 Å². The van der Waals surface area contributed by atoms with Gasteiger partial charge in [-0.3, -0.25) is 0 Å². The van der Waals surface area contributed by atoms with Gasteiger partial charge in [0.25, 0.3) is 0 Å². The summed E-state index contributed by atoms with van der Waals surface area (Å²) in [6, 6.07) is 14.1. The molecule has 0 aliphatic heterocycles. The molecule has 3 rings (SSSR count). The maximum absolute atomic E-state index is 13.3. The van der Waals surface area contributed by atoms with Crippen LogP contribution in [0.4, 0.5) is 10.1 Å². The Labute approximate surface area is 183 Å². The minimum Gasteiger partial charge on any atom is -0.385 e. The van der Waals surface area contributed by atoms with Crippen molar-refractivity contribution < 1.29 is 4.39 Å². The smallest absolute Gasteiger partial charge is 0.160 e. The van der Waals surface area contributed by atoms with Crippen LogP contribution < -0.4 is 5.32 Å². The Bertz CT molecular complexity index is 939. The maximum atomic E-state index is 13.3. The minimum absolute atomic E-state index is 0.308. The highest BCUT2D eigenvalue weighted by atomic mass is 32.2. The van der Waals surface area contributed by atoms with Crippen LogP contribution in [0.2, 0.25) is 0 Å². The molecule has 0 saturated heterocycles. The van der Waals surface area contributed by atoms with Gasteiger partial charge in [-0.25, -0.2) is 14.4 Å². The van der Waals surface area contributed by atoms with Crippen LogP contribution >= 0.6 is 11.8 Å². The van der Waals surface area contributed by atoms with Crippen molar-refractivity contribution >= 4 is 23.2 Å². The van der Waals surface area contributed by atoms with E-state index in [4.69, 9.17) is 10.4 Å². The summed E-state index contributed by atoms with van der Waals surface area (Å²) in [6.45, 7) is 9.69. The molecule has 3 aromatic rings. The van der Waals surface area contributed by atoms with Crippen LogP contribution in [0.5, 0.6) is 0 Å². The molecule has 0 radical (unpaired) electrons. The molecule has 1 aromatic heterocycles. The van der Waals surface area contributed by atoms with E-state index in [9.17, 15) is 4.39 Å². The molecule has 0 amide bonds. The summed E-state index contributed by atoms with van der Waals surface area (Å²) in [5, 5.41) is 11.2. The zero-order valence-electron chi connectivity index (χ0n) is 18.8. The van der Waals surface area contributed by atoms with Crippen molar-refractivity contribution in [3.63, 3.8) is 0 Å². The number of benzene rings is 2. The summed E-state index contributed by atoms with van der Waals surface area (Å²) in [7, 11) is 1.79. The fourth-order valence-electron chi connectivity index (χ4n) is 2.65. The standard InChI is InChI=1S/C20H19FN4S.2C2H6/c1-12(22)17-19(23-2)18(13-6-10-16(26-3)11-7-13)25-20(24-17)14-4-8-15(21)9-5-14;2*1-2/h4-11,22-23H,1-3H3;2*1-2H3. The van der Waals surface area contributed by atoms with Crippen LogP contribution in [0.1, 0.15) is 40.3 Å². The average Bonchev–Trinajstić information content (AvgIpc) is 2.81. The molecule has 6 heteroatoms. The Morgan fingerprint density at radius 3 is 1.90 bits per heavy atom. The van der Waals surface area contributed by atoms with Gasteiger partial charge in [-0.2, -0.15) is 0 Å². The second kappa shape index (κ2) is 12.8. The molecular formula is C24H31FN4S. The second-order valence-electron chi connectivity index (χ2n) is 5.73. The average molecular weight is 427 g/mol. The van der Waals surface area contributed by atoms with E-state index in [1.807, 2.05) is 58.2 Å². The number of anilines is 1. The molecule has 0 fully saturated rings. The number of hydrogen-bond acceptors (Lipinski definition) is 5. The van der Waals surface area contributed by atoms with E-state index in [1.165, 1.54) is 12.1 Å². The van der Waals surface area contributed by atoms with Gasteiger partial charge >= 0.3 is 0 Å². The first-order chi connectivity index (χ1) is 14.5. The Kier molecular flexibility index (Phi) is 10.8. The van der Waals surface area contributed by atoms with Crippen molar-refractivity contribution in [1.29, 1.82) is 5.41 Å². The number of aromatic nitrogens is 2. The largest absolute Gasteiger partial charge is 0.385 e. The van der Waals surface area contributed by atoms with Gasteiger partial charge in [0.15, 0.2) is 5.82 Å². The summed E-state index contributed by atoms with van der Waals surface area (Å²) >= 11 is 1.67. The van der Waals surface area contributed by atoms with Gasteiger partial charge < -0.3 is 10.7 Å². The summed E-state index contributed by atoms with van der Waals surface area (Å²) in [4.78, 5) is 10.4. The number of hydrogen-bond donors (Lipinski definition) is 2. The number of rotatable bonds is 5. The SMILES string of the molecule is CC.CC.CNc1c(C(C)=N)nc(-c2ccc(F)cc2)nc1-c1ccc(SC)cc1. The number of thioether (sulfide) groups is 1. The molecule has 0 atom stereocenters. The van der Waals surface area contributed by atoms with Crippen molar-refractivity contribution in [3.05, 3.63) is 60.0 Å². The van der Waals surface area contributed by atoms with E-state index < -0.39 is 0 Å². The van der Waals surface area contributed by atoms with Crippen LogP contribution in [0.3, 0.4) is 0 Å². The lowest BCUT2D eigenvalue weighted by atomic mass is 10.1. The van der Waals surface area contributed by atoms with E-state index >= 15 is 0 Å². The van der Waals surface area contributed by atoms with E-state index in [0.717, 1.165) is 16.2 Å². The molecule has 0 aliphatic carbocycles. The van der Waals surface area contributed by atoms with E-state index in [2.05, 4.69) is 10.3 Å². The highest BCUT2D eigenvalue weighted by molar-refractivity contribution is 7.98. The molecule has 0 bridgehead atoms. The van der Waals surface area contributed by atoms with Gasteiger partial charge in [0.1, 0.15) is 11.5 Å². The molecule has 0 saturated carbocycles. The summed E-state index contributed by atoms with van der Waals surface area (Å²) in [5.74, 6) is 0.159. The lowest BCUT2D eigenvalue weighted by molar-refractivity contribution is 0.628. The lowest BCUT2D eigenvalue weighted by Gasteiger charge is -2.15. The second-order valence-corrected chi connectivity index (χ2v) is 6.61. The van der Waals surface area contributed by atoms with Crippen molar-refractivity contribution in [3.8, 4) is 22.6 Å². The molecule has 4 nitrogen and oxygen atoms in total. The summed E-state index contributed by atoms with van der Waals surface area (Å²) in [5.41, 5.74) is 3.93. The first-order valence-corrected chi connectivity index (χ1v) is 11.3.